The standard InChI is InChI=1S/C13H25N3/c1-5-12(6-2)7-14-8-13-9-15-16(10-13)11(3)4/h9-12,14H,5-8H2,1-4H3. The molecule has 1 heterocycles. The Hall–Kier alpha value is -0.830. The summed E-state index contributed by atoms with van der Waals surface area (Å²) in [6, 6.07) is 0.452. The molecule has 0 saturated carbocycles. The summed E-state index contributed by atoms with van der Waals surface area (Å²) in [5, 5.41) is 7.83. The molecule has 1 aromatic heterocycles. The van der Waals surface area contributed by atoms with Crippen molar-refractivity contribution in [3.05, 3.63) is 18.0 Å². The minimum Gasteiger partial charge on any atom is -0.312 e. The predicted octanol–water partition coefficient (Wildman–Crippen LogP) is 2.99. The zero-order valence-corrected chi connectivity index (χ0v) is 11.0. The molecule has 0 bridgehead atoms. The molecule has 0 aliphatic carbocycles. The van der Waals surface area contributed by atoms with E-state index in [0.29, 0.717) is 6.04 Å². The van der Waals surface area contributed by atoms with Gasteiger partial charge in [-0.25, -0.2) is 0 Å². The normalized spacial score (nSPS) is 11.6. The molecule has 0 radical (unpaired) electrons. The number of hydrogen-bond acceptors (Lipinski definition) is 2. The van der Waals surface area contributed by atoms with Crippen molar-refractivity contribution < 1.29 is 0 Å². The molecule has 0 amide bonds. The van der Waals surface area contributed by atoms with Gasteiger partial charge in [0.2, 0.25) is 0 Å². The summed E-state index contributed by atoms with van der Waals surface area (Å²) < 4.78 is 2.01. The Kier molecular flexibility index (Phi) is 5.53. The fourth-order valence-electron chi connectivity index (χ4n) is 1.75. The maximum Gasteiger partial charge on any atom is 0.0534 e. The molecule has 3 nitrogen and oxygen atoms in total. The van der Waals surface area contributed by atoms with Gasteiger partial charge in [0.1, 0.15) is 0 Å². The third kappa shape index (κ3) is 3.97. The largest absolute Gasteiger partial charge is 0.312 e. The summed E-state index contributed by atoms with van der Waals surface area (Å²) in [5.41, 5.74) is 1.28. The lowest BCUT2D eigenvalue weighted by Gasteiger charge is -2.12. The van der Waals surface area contributed by atoms with Crippen molar-refractivity contribution in [2.45, 2.75) is 53.1 Å². The quantitative estimate of drug-likeness (QED) is 0.770. The van der Waals surface area contributed by atoms with Gasteiger partial charge in [-0.3, -0.25) is 4.68 Å². The van der Waals surface area contributed by atoms with Gasteiger partial charge in [-0.05, 0) is 26.3 Å². The maximum absolute atomic E-state index is 4.33. The Morgan fingerprint density at radius 2 is 2.00 bits per heavy atom. The first-order valence-electron chi connectivity index (χ1n) is 6.41. The molecule has 3 heteroatoms. The second-order valence-corrected chi connectivity index (χ2v) is 4.74. The Morgan fingerprint density at radius 1 is 1.31 bits per heavy atom. The van der Waals surface area contributed by atoms with Gasteiger partial charge in [0.05, 0.1) is 6.20 Å². The summed E-state index contributed by atoms with van der Waals surface area (Å²) in [6.07, 6.45) is 6.61. The fraction of sp³-hybridized carbons (Fsp3) is 0.769. The molecule has 1 aromatic rings. The Balaban J connectivity index is 2.31. The van der Waals surface area contributed by atoms with Crippen LogP contribution in [0.25, 0.3) is 0 Å². The van der Waals surface area contributed by atoms with E-state index < -0.39 is 0 Å². The molecule has 0 aliphatic heterocycles. The average Bonchev–Trinajstić information content (AvgIpc) is 2.73. The van der Waals surface area contributed by atoms with Crippen LogP contribution in [0.2, 0.25) is 0 Å². The van der Waals surface area contributed by atoms with E-state index in [-0.39, 0.29) is 0 Å². The van der Waals surface area contributed by atoms with Crippen LogP contribution in [0, 0.1) is 5.92 Å². The van der Waals surface area contributed by atoms with E-state index in [1.807, 2.05) is 10.9 Å². The van der Waals surface area contributed by atoms with E-state index in [4.69, 9.17) is 0 Å². The van der Waals surface area contributed by atoms with Gasteiger partial charge < -0.3 is 5.32 Å². The summed E-state index contributed by atoms with van der Waals surface area (Å²) in [4.78, 5) is 0. The molecule has 0 atom stereocenters. The number of nitrogens with zero attached hydrogens (tertiary/aromatic N) is 2. The zero-order chi connectivity index (χ0) is 12.0. The molecule has 1 rings (SSSR count). The minimum absolute atomic E-state index is 0.452. The van der Waals surface area contributed by atoms with Crippen LogP contribution in [0.4, 0.5) is 0 Å². The van der Waals surface area contributed by atoms with Crippen LogP contribution in [0.1, 0.15) is 52.1 Å². The highest BCUT2D eigenvalue weighted by Gasteiger charge is 2.04. The van der Waals surface area contributed by atoms with Gasteiger partial charge in [-0.1, -0.05) is 26.7 Å². The highest BCUT2D eigenvalue weighted by molar-refractivity contribution is 5.03. The minimum atomic E-state index is 0.452. The SMILES string of the molecule is CCC(CC)CNCc1cnn(C(C)C)c1. The van der Waals surface area contributed by atoms with Crippen molar-refractivity contribution in [1.29, 1.82) is 0 Å². The second-order valence-electron chi connectivity index (χ2n) is 4.74. The molecule has 0 fully saturated rings. The molecule has 0 unspecified atom stereocenters. The van der Waals surface area contributed by atoms with E-state index in [2.05, 4.69) is 44.3 Å². The molecule has 1 N–H and O–H groups in total. The average molecular weight is 223 g/mol. The lowest BCUT2D eigenvalue weighted by molar-refractivity contribution is 0.449. The number of nitrogens with one attached hydrogen (secondary N) is 1. The smallest absolute Gasteiger partial charge is 0.0534 e. The van der Waals surface area contributed by atoms with Crippen LogP contribution >= 0.6 is 0 Å². The fourth-order valence-corrected chi connectivity index (χ4v) is 1.75. The Bertz CT molecular complexity index is 287. The zero-order valence-electron chi connectivity index (χ0n) is 11.0. The van der Waals surface area contributed by atoms with Crippen molar-refractivity contribution in [3.63, 3.8) is 0 Å². The first-order chi connectivity index (χ1) is 7.67. The highest BCUT2D eigenvalue weighted by atomic mass is 15.3. The van der Waals surface area contributed by atoms with Gasteiger partial charge in [-0.15, -0.1) is 0 Å². The van der Waals surface area contributed by atoms with E-state index >= 15 is 0 Å². The van der Waals surface area contributed by atoms with Gasteiger partial charge in [0.25, 0.3) is 0 Å². The van der Waals surface area contributed by atoms with Crippen molar-refractivity contribution >= 4 is 0 Å². The van der Waals surface area contributed by atoms with E-state index in [9.17, 15) is 0 Å². The highest BCUT2D eigenvalue weighted by Crippen LogP contribution is 2.07. The summed E-state index contributed by atoms with van der Waals surface area (Å²) in [7, 11) is 0. The van der Waals surface area contributed by atoms with Crippen LogP contribution in [-0.2, 0) is 6.54 Å². The summed E-state index contributed by atoms with van der Waals surface area (Å²) in [6.45, 7) is 10.9. The molecular formula is C13H25N3. The lowest BCUT2D eigenvalue weighted by Crippen LogP contribution is -2.21. The van der Waals surface area contributed by atoms with Crippen molar-refractivity contribution in [2.24, 2.45) is 5.92 Å². The summed E-state index contributed by atoms with van der Waals surface area (Å²) >= 11 is 0. The van der Waals surface area contributed by atoms with Crippen LogP contribution in [-0.4, -0.2) is 16.3 Å². The topological polar surface area (TPSA) is 29.9 Å². The third-order valence-electron chi connectivity index (χ3n) is 3.10. The first kappa shape index (κ1) is 13.2. The van der Waals surface area contributed by atoms with Crippen LogP contribution in [0.3, 0.4) is 0 Å². The molecule has 16 heavy (non-hydrogen) atoms. The second kappa shape index (κ2) is 6.69. The predicted molar refractivity (Wildman–Crippen MR) is 68.4 cm³/mol. The van der Waals surface area contributed by atoms with Crippen LogP contribution in [0.5, 0.6) is 0 Å². The van der Waals surface area contributed by atoms with Crippen LogP contribution < -0.4 is 5.32 Å². The first-order valence-corrected chi connectivity index (χ1v) is 6.41. The van der Waals surface area contributed by atoms with Gasteiger partial charge >= 0.3 is 0 Å². The lowest BCUT2D eigenvalue weighted by atomic mass is 10.0. The van der Waals surface area contributed by atoms with Crippen molar-refractivity contribution in [2.75, 3.05) is 6.54 Å². The molecule has 0 spiro atoms. The molecular weight excluding hydrogens is 198 g/mol. The molecule has 0 aliphatic rings. The van der Waals surface area contributed by atoms with Gasteiger partial charge in [-0.2, -0.15) is 5.10 Å². The van der Waals surface area contributed by atoms with E-state index in [0.717, 1.165) is 19.0 Å². The monoisotopic (exact) mass is 223 g/mol. The Morgan fingerprint density at radius 3 is 2.50 bits per heavy atom. The van der Waals surface area contributed by atoms with Gasteiger partial charge in [0.15, 0.2) is 0 Å². The van der Waals surface area contributed by atoms with Crippen LogP contribution in [0.15, 0.2) is 12.4 Å². The number of hydrogen-bond donors (Lipinski definition) is 1. The van der Waals surface area contributed by atoms with E-state index in [1.165, 1.54) is 18.4 Å². The molecule has 0 aromatic carbocycles. The third-order valence-corrected chi connectivity index (χ3v) is 3.10. The Labute approximate surface area is 99.2 Å². The van der Waals surface area contributed by atoms with Crippen molar-refractivity contribution in [3.8, 4) is 0 Å². The maximum atomic E-state index is 4.33. The summed E-state index contributed by atoms with van der Waals surface area (Å²) in [5.74, 6) is 0.806. The molecule has 92 valence electrons. The number of aromatic nitrogens is 2. The van der Waals surface area contributed by atoms with Gasteiger partial charge in [0, 0.05) is 24.3 Å². The van der Waals surface area contributed by atoms with Crippen molar-refractivity contribution in [1.82, 2.24) is 15.1 Å². The number of rotatable bonds is 7. The molecule has 0 saturated heterocycles. The van der Waals surface area contributed by atoms with E-state index in [1.54, 1.807) is 0 Å².